The Morgan fingerprint density at radius 2 is 2.07 bits per heavy atom. The maximum absolute atomic E-state index is 12.9. The van der Waals surface area contributed by atoms with Crippen molar-refractivity contribution < 1.29 is 14.0 Å². The highest BCUT2D eigenvalue weighted by molar-refractivity contribution is 6.31. The second-order valence-electron chi connectivity index (χ2n) is 3.29. The van der Waals surface area contributed by atoms with E-state index in [0.29, 0.717) is 5.69 Å². The second-order valence-corrected chi connectivity index (χ2v) is 3.70. The summed E-state index contributed by atoms with van der Waals surface area (Å²) in [6.07, 6.45) is -0.0883. The van der Waals surface area contributed by atoms with E-state index in [1.165, 1.54) is 23.1 Å². The monoisotopic (exact) mass is 227 g/mol. The number of ketones is 1. The molecule has 1 fully saturated rings. The van der Waals surface area contributed by atoms with Gasteiger partial charge in [-0.15, -0.1) is 0 Å². The number of carbonyl (C=O) groups excluding carboxylic acids is 2. The van der Waals surface area contributed by atoms with Crippen molar-refractivity contribution in [2.45, 2.75) is 6.42 Å². The average Bonchev–Trinajstić information content (AvgIpc) is 2.50. The molecule has 78 valence electrons. The van der Waals surface area contributed by atoms with E-state index in [9.17, 15) is 14.0 Å². The van der Waals surface area contributed by atoms with Crippen molar-refractivity contribution in [3.8, 4) is 0 Å². The number of benzene rings is 1. The van der Waals surface area contributed by atoms with E-state index < -0.39 is 5.82 Å². The van der Waals surface area contributed by atoms with Crippen LogP contribution in [-0.4, -0.2) is 18.2 Å². The predicted molar refractivity (Wildman–Crippen MR) is 53.4 cm³/mol. The molecule has 0 aromatic heterocycles. The summed E-state index contributed by atoms with van der Waals surface area (Å²) in [5.74, 6) is -0.957. The second kappa shape index (κ2) is 3.62. The van der Waals surface area contributed by atoms with Crippen LogP contribution >= 0.6 is 11.6 Å². The third kappa shape index (κ3) is 1.85. The van der Waals surface area contributed by atoms with Crippen molar-refractivity contribution in [1.82, 2.24) is 0 Å². The Morgan fingerprint density at radius 3 is 2.60 bits per heavy atom. The van der Waals surface area contributed by atoms with Gasteiger partial charge in [0.25, 0.3) is 0 Å². The molecule has 5 heteroatoms. The van der Waals surface area contributed by atoms with Gasteiger partial charge in [0.1, 0.15) is 5.82 Å². The largest absolute Gasteiger partial charge is 0.305 e. The first kappa shape index (κ1) is 10.1. The molecular formula is C10H7ClFNO2. The Morgan fingerprint density at radius 1 is 1.33 bits per heavy atom. The highest BCUT2D eigenvalue weighted by atomic mass is 35.5. The van der Waals surface area contributed by atoms with Gasteiger partial charge < -0.3 is 4.90 Å². The minimum atomic E-state index is -0.543. The number of amides is 1. The molecule has 0 N–H and O–H groups in total. The number of anilines is 1. The fraction of sp³-hybridized carbons (Fsp3) is 0.200. The number of hydrogen-bond donors (Lipinski definition) is 0. The lowest BCUT2D eigenvalue weighted by molar-refractivity contribution is -0.121. The first-order valence-electron chi connectivity index (χ1n) is 4.35. The van der Waals surface area contributed by atoms with Gasteiger partial charge >= 0.3 is 0 Å². The van der Waals surface area contributed by atoms with Crippen LogP contribution in [0.2, 0.25) is 5.02 Å². The van der Waals surface area contributed by atoms with Crippen LogP contribution in [0, 0.1) is 5.82 Å². The molecule has 1 aromatic carbocycles. The molecule has 2 rings (SSSR count). The molecule has 1 aliphatic rings. The first-order valence-corrected chi connectivity index (χ1v) is 4.73. The zero-order valence-electron chi connectivity index (χ0n) is 7.67. The summed E-state index contributed by atoms with van der Waals surface area (Å²) in [5, 5.41) is -0.0559. The molecule has 1 heterocycles. The summed E-state index contributed by atoms with van der Waals surface area (Å²) >= 11 is 5.58. The van der Waals surface area contributed by atoms with E-state index in [1.54, 1.807) is 0 Å². The zero-order chi connectivity index (χ0) is 11.0. The minimum Gasteiger partial charge on any atom is -0.305 e. The number of hydrogen-bond acceptors (Lipinski definition) is 2. The Bertz CT molecular complexity index is 447. The number of Topliss-reactive ketones (excluding diaryl/α,β-unsaturated/α-hetero) is 1. The van der Waals surface area contributed by atoms with Gasteiger partial charge in [0, 0.05) is 5.69 Å². The van der Waals surface area contributed by atoms with Gasteiger partial charge in [0.2, 0.25) is 5.91 Å². The van der Waals surface area contributed by atoms with Crippen LogP contribution in [0.4, 0.5) is 10.1 Å². The maximum atomic E-state index is 12.9. The molecule has 15 heavy (non-hydrogen) atoms. The standard InChI is InChI=1S/C10H7ClFNO2/c11-8-3-6(1-2-9(8)12)13-5-7(14)4-10(13)15/h1-3H,4-5H2. The average molecular weight is 228 g/mol. The van der Waals surface area contributed by atoms with Crippen molar-refractivity contribution >= 4 is 29.0 Å². The van der Waals surface area contributed by atoms with Crippen LogP contribution in [0.25, 0.3) is 0 Å². The topological polar surface area (TPSA) is 37.4 Å². The highest BCUT2D eigenvalue weighted by Gasteiger charge is 2.28. The molecule has 0 bridgehead atoms. The summed E-state index contributed by atoms with van der Waals surface area (Å²) in [6, 6.07) is 3.94. The van der Waals surface area contributed by atoms with Crippen LogP contribution < -0.4 is 4.90 Å². The van der Waals surface area contributed by atoms with E-state index in [-0.39, 0.29) is 29.7 Å². The Labute approximate surface area is 90.4 Å². The molecule has 0 radical (unpaired) electrons. The number of halogens is 2. The first-order chi connectivity index (χ1) is 7.08. The third-order valence-electron chi connectivity index (χ3n) is 2.20. The SMILES string of the molecule is O=C1CC(=O)N(c2ccc(F)c(Cl)c2)C1. The molecule has 0 atom stereocenters. The van der Waals surface area contributed by atoms with Crippen molar-refractivity contribution in [2.24, 2.45) is 0 Å². The molecule has 0 unspecified atom stereocenters. The lowest BCUT2D eigenvalue weighted by Crippen LogP contribution is -2.24. The van der Waals surface area contributed by atoms with Crippen molar-refractivity contribution in [1.29, 1.82) is 0 Å². The summed E-state index contributed by atoms with van der Waals surface area (Å²) in [7, 11) is 0. The van der Waals surface area contributed by atoms with Gasteiger partial charge in [0.15, 0.2) is 5.78 Å². The van der Waals surface area contributed by atoms with E-state index in [2.05, 4.69) is 0 Å². The summed E-state index contributed by atoms with van der Waals surface area (Å²) in [6.45, 7) is 0.0425. The van der Waals surface area contributed by atoms with Crippen LogP contribution in [-0.2, 0) is 9.59 Å². The minimum absolute atomic E-state index is 0.0425. The van der Waals surface area contributed by atoms with Gasteiger partial charge in [-0.3, -0.25) is 9.59 Å². The highest BCUT2D eigenvalue weighted by Crippen LogP contribution is 2.25. The van der Waals surface area contributed by atoms with Gasteiger partial charge in [-0.1, -0.05) is 11.6 Å². The predicted octanol–water partition coefficient (Wildman–Crippen LogP) is 1.78. The molecule has 1 aromatic rings. The fourth-order valence-corrected chi connectivity index (χ4v) is 1.65. The van der Waals surface area contributed by atoms with Crippen molar-refractivity contribution in [3.63, 3.8) is 0 Å². The molecule has 0 aliphatic carbocycles. The summed E-state index contributed by atoms with van der Waals surface area (Å²) in [5.41, 5.74) is 0.456. The van der Waals surface area contributed by atoms with Crippen LogP contribution in [0.3, 0.4) is 0 Å². The number of rotatable bonds is 1. The zero-order valence-corrected chi connectivity index (χ0v) is 8.42. The van der Waals surface area contributed by atoms with Crippen LogP contribution in [0.15, 0.2) is 18.2 Å². The molecule has 0 saturated carbocycles. The molecule has 1 saturated heterocycles. The van der Waals surface area contributed by atoms with Crippen molar-refractivity contribution in [2.75, 3.05) is 11.4 Å². The normalized spacial score (nSPS) is 16.3. The Hall–Kier alpha value is -1.42. The van der Waals surface area contributed by atoms with Gasteiger partial charge in [0.05, 0.1) is 18.0 Å². The molecule has 3 nitrogen and oxygen atoms in total. The van der Waals surface area contributed by atoms with Crippen molar-refractivity contribution in [3.05, 3.63) is 29.0 Å². The molecule has 1 amide bonds. The Balaban J connectivity index is 2.34. The van der Waals surface area contributed by atoms with E-state index in [1.807, 2.05) is 0 Å². The number of nitrogens with zero attached hydrogens (tertiary/aromatic N) is 1. The summed E-state index contributed by atoms with van der Waals surface area (Å²) < 4.78 is 12.9. The molecular weight excluding hydrogens is 221 g/mol. The van der Waals surface area contributed by atoms with Crippen LogP contribution in [0.1, 0.15) is 6.42 Å². The van der Waals surface area contributed by atoms with Gasteiger partial charge in [-0.05, 0) is 18.2 Å². The van der Waals surface area contributed by atoms with Crippen LogP contribution in [0.5, 0.6) is 0 Å². The maximum Gasteiger partial charge on any atom is 0.234 e. The smallest absolute Gasteiger partial charge is 0.234 e. The molecule has 0 spiro atoms. The third-order valence-corrected chi connectivity index (χ3v) is 2.49. The van der Waals surface area contributed by atoms with E-state index in [4.69, 9.17) is 11.6 Å². The lowest BCUT2D eigenvalue weighted by Gasteiger charge is -2.14. The molecule has 1 aliphatic heterocycles. The fourth-order valence-electron chi connectivity index (χ4n) is 1.47. The number of carbonyl (C=O) groups is 2. The van der Waals surface area contributed by atoms with Gasteiger partial charge in [-0.2, -0.15) is 0 Å². The summed E-state index contributed by atoms with van der Waals surface area (Å²) in [4.78, 5) is 23.7. The van der Waals surface area contributed by atoms with E-state index >= 15 is 0 Å². The quantitative estimate of drug-likeness (QED) is 0.686. The van der Waals surface area contributed by atoms with Gasteiger partial charge in [-0.25, -0.2) is 4.39 Å². The van der Waals surface area contributed by atoms with E-state index in [0.717, 1.165) is 0 Å². The lowest BCUT2D eigenvalue weighted by atomic mass is 10.3. The Kier molecular flexibility index (Phi) is 2.44.